The summed E-state index contributed by atoms with van der Waals surface area (Å²) in [7, 11) is 0. The van der Waals surface area contributed by atoms with Crippen LogP contribution in [-0.2, 0) is 4.79 Å². The van der Waals surface area contributed by atoms with Gasteiger partial charge in [-0.05, 0) is 30.7 Å². The quantitative estimate of drug-likeness (QED) is 0.645. The van der Waals surface area contributed by atoms with E-state index in [-0.39, 0.29) is 5.57 Å². The minimum atomic E-state index is -1.01. The zero-order valence-corrected chi connectivity index (χ0v) is 9.99. The molecule has 0 aliphatic heterocycles. The zero-order chi connectivity index (χ0) is 11.6. The monoisotopic (exact) mass is 264 g/mol. The van der Waals surface area contributed by atoms with Crippen LogP contribution in [0.1, 0.15) is 12.5 Å². The summed E-state index contributed by atoms with van der Waals surface area (Å²) >= 11 is 17.4. The summed E-state index contributed by atoms with van der Waals surface area (Å²) in [5.41, 5.74) is 0.657. The normalized spacial score (nSPS) is 11.6. The fraction of sp³-hybridized carbons (Fsp3) is 0.100. The van der Waals surface area contributed by atoms with Crippen molar-refractivity contribution in [1.82, 2.24) is 0 Å². The Morgan fingerprint density at radius 1 is 1.33 bits per heavy atom. The van der Waals surface area contributed by atoms with Crippen molar-refractivity contribution in [2.45, 2.75) is 6.92 Å². The smallest absolute Gasteiger partial charge is 0.331 e. The second-order valence-corrected chi connectivity index (χ2v) is 4.14. The van der Waals surface area contributed by atoms with Gasteiger partial charge in [-0.1, -0.05) is 34.8 Å². The van der Waals surface area contributed by atoms with Gasteiger partial charge >= 0.3 is 5.97 Å². The number of aliphatic carboxylic acids is 1. The number of hydrogen-bond acceptors (Lipinski definition) is 1. The molecular formula is C10H7Cl3O2. The Morgan fingerprint density at radius 2 is 1.93 bits per heavy atom. The second-order valence-electron chi connectivity index (χ2n) is 2.92. The molecule has 0 aliphatic rings. The molecule has 0 heterocycles. The van der Waals surface area contributed by atoms with Crippen LogP contribution in [0.2, 0.25) is 15.1 Å². The maximum Gasteiger partial charge on any atom is 0.331 e. The first-order valence-electron chi connectivity index (χ1n) is 3.98. The van der Waals surface area contributed by atoms with E-state index < -0.39 is 5.97 Å². The summed E-state index contributed by atoms with van der Waals surface area (Å²) in [6.45, 7) is 1.47. The van der Waals surface area contributed by atoms with Crippen molar-refractivity contribution < 1.29 is 9.90 Å². The summed E-state index contributed by atoms with van der Waals surface area (Å²) in [5.74, 6) is -1.01. The molecule has 0 saturated heterocycles. The average molecular weight is 266 g/mol. The lowest BCUT2D eigenvalue weighted by molar-refractivity contribution is -0.132. The molecule has 0 aliphatic carbocycles. The third-order valence-corrected chi connectivity index (χ3v) is 2.77. The zero-order valence-electron chi connectivity index (χ0n) is 7.72. The number of carboxylic acid groups (broad SMARTS) is 1. The van der Waals surface area contributed by atoms with E-state index in [4.69, 9.17) is 39.9 Å². The number of benzene rings is 1. The van der Waals surface area contributed by atoms with Crippen molar-refractivity contribution in [3.8, 4) is 0 Å². The Kier molecular flexibility index (Phi) is 4.03. The summed E-state index contributed by atoms with van der Waals surface area (Å²) in [6.07, 6.45) is 1.42. The maximum atomic E-state index is 10.6. The van der Waals surface area contributed by atoms with Gasteiger partial charge in [0.15, 0.2) is 0 Å². The number of hydrogen-bond donors (Lipinski definition) is 1. The van der Waals surface area contributed by atoms with Crippen molar-refractivity contribution in [2.24, 2.45) is 0 Å². The predicted octanol–water partition coefficient (Wildman–Crippen LogP) is 4.13. The minimum Gasteiger partial charge on any atom is -0.478 e. The van der Waals surface area contributed by atoms with Crippen molar-refractivity contribution in [3.63, 3.8) is 0 Å². The minimum absolute atomic E-state index is 0.162. The topological polar surface area (TPSA) is 37.3 Å². The Bertz CT molecular complexity index is 439. The van der Waals surface area contributed by atoms with Crippen LogP contribution in [0.5, 0.6) is 0 Å². The third-order valence-electron chi connectivity index (χ3n) is 1.73. The first-order valence-corrected chi connectivity index (χ1v) is 5.11. The number of rotatable bonds is 2. The summed E-state index contributed by atoms with van der Waals surface area (Å²) in [4.78, 5) is 10.6. The first kappa shape index (κ1) is 12.4. The molecule has 0 amide bonds. The van der Waals surface area contributed by atoms with Gasteiger partial charge in [-0.3, -0.25) is 0 Å². The van der Waals surface area contributed by atoms with Gasteiger partial charge in [0.2, 0.25) is 0 Å². The van der Waals surface area contributed by atoms with E-state index in [0.29, 0.717) is 20.6 Å². The highest BCUT2D eigenvalue weighted by Crippen LogP contribution is 2.31. The van der Waals surface area contributed by atoms with E-state index in [0.717, 1.165) is 0 Å². The van der Waals surface area contributed by atoms with E-state index in [9.17, 15) is 4.79 Å². The molecule has 0 atom stereocenters. The van der Waals surface area contributed by atoms with Crippen LogP contribution in [0.15, 0.2) is 17.7 Å². The molecule has 0 fully saturated rings. The van der Waals surface area contributed by atoms with Crippen LogP contribution in [0.25, 0.3) is 6.08 Å². The molecule has 80 valence electrons. The van der Waals surface area contributed by atoms with Crippen molar-refractivity contribution in [3.05, 3.63) is 38.3 Å². The number of halogens is 3. The molecule has 2 nitrogen and oxygen atoms in total. The lowest BCUT2D eigenvalue weighted by Gasteiger charge is -2.03. The summed E-state index contributed by atoms with van der Waals surface area (Å²) in [6, 6.07) is 3.06. The Morgan fingerprint density at radius 3 is 2.47 bits per heavy atom. The van der Waals surface area contributed by atoms with Crippen LogP contribution in [0, 0.1) is 0 Å². The molecule has 1 aromatic rings. The SMILES string of the molecule is C/C(=C\c1cc(Cl)cc(Cl)c1Cl)C(=O)O. The molecular weight excluding hydrogens is 258 g/mol. The molecule has 1 aromatic carbocycles. The van der Waals surface area contributed by atoms with Crippen molar-refractivity contribution in [1.29, 1.82) is 0 Å². The van der Waals surface area contributed by atoms with Crippen LogP contribution < -0.4 is 0 Å². The molecule has 0 bridgehead atoms. The lowest BCUT2D eigenvalue weighted by atomic mass is 10.1. The second kappa shape index (κ2) is 4.88. The number of carbonyl (C=O) groups is 1. The van der Waals surface area contributed by atoms with Crippen molar-refractivity contribution >= 4 is 46.8 Å². The van der Waals surface area contributed by atoms with E-state index in [1.807, 2.05) is 0 Å². The highest BCUT2D eigenvalue weighted by molar-refractivity contribution is 6.44. The fourth-order valence-corrected chi connectivity index (χ4v) is 1.65. The van der Waals surface area contributed by atoms with Gasteiger partial charge in [0.25, 0.3) is 0 Å². The molecule has 0 spiro atoms. The van der Waals surface area contributed by atoms with E-state index in [1.165, 1.54) is 19.1 Å². The van der Waals surface area contributed by atoms with Crippen LogP contribution >= 0.6 is 34.8 Å². The molecule has 1 rings (SSSR count). The Hall–Kier alpha value is -0.700. The molecule has 0 radical (unpaired) electrons. The summed E-state index contributed by atoms with van der Waals surface area (Å²) < 4.78 is 0. The molecule has 0 aromatic heterocycles. The maximum absolute atomic E-state index is 10.6. The fourth-order valence-electron chi connectivity index (χ4n) is 0.976. The highest BCUT2D eigenvalue weighted by atomic mass is 35.5. The van der Waals surface area contributed by atoms with Gasteiger partial charge in [-0.25, -0.2) is 4.79 Å². The van der Waals surface area contributed by atoms with Gasteiger partial charge < -0.3 is 5.11 Å². The average Bonchev–Trinajstić information content (AvgIpc) is 2.13. The largest absolute Gasteiger partial charge is 0.478 e. The summed E-state index contributed by atoms with van der Waals surface area (Å²) in [5, 5.41) is 9.70. The van der Waals surface area contributed by atoms with Crippen LogP contribution in [0.3, 0.4) is 0 Å². The first-order chi connectivity index (χ1) is 6.91. The van der Waals surface area contributed by atoms with Gasteiger partial charge in [-0.15, -0.1) is 0 Å². The molecule has 5 heteroatoms. The van der Waals surface area contributed by atoms with Gasteiger partial charge in [0, 0.05) is 10.6 Å². The highest BCUT2D eigenvalue weighted by Gasteiger charge is 2.07. The van der Waals surface area contributed by atoms with Gasteiger partial charge in [-0.2, -0.15) is 0 Å². The Balaban J connectivity index is 3.26. The standard InChI is InChI=1S/C10H7Cl3O2/c1-5(10(14)15)2-6-3-7(11)4-8(12)9(6)13/h2-4H,1H3,(H,14,15)/b5-2+. The van der Waals surface area contributed by atoms with Gasteiger partial charge in [0.05, 0.1) is 10.0 Å². The predicted molar refractivity (Wildman–Crippen MR) is 62.8 cm³/mol. The molecule has 0 unspecified atom stereocenters. The number of carboxylic acids is 1. The molecule has 0 saturated carbocycles. The third kappa shape index (κ3) is 3.13. The van der Waals surface area contributed by atoms with Crippen molar-refractivity contribution in [2.75, 3.05) is 0 Å². The Labute approximate surface area is 102 Å². The van der Waals surface area contributed by atoms with Gasteiger partial charge in [0.1, 0.15) is 0 Å². The van der Waals surface area contributed by atoms with E-state index in [1.54, 1.807) is 6.07 Å². The lowest BCUT2D eigenvalue weighted by Crippen LogP contribution is -1.95. The molecule has 1 N–H and O–H groups in total. The van der Waals surface area contributed by atoms with Crippen LogP contribution in [-0.4, -0.2) is 11.1 Å². The van der Waals surface area contributed by atoms with Crippen LogP contribution in [0.4, 0.5) is 0 Å². The van der Waals surface area contributed by atoms with E-state index >= 15 is 0 Å². The molecule has 15 heavy (non-hydrogen) atoms. The van der Waals surface area contributed by atoms with E-state index in [2.05, 4.69) is 0 Å².